The van der Waals surface area contributed by atoms with Crippen molar-refractivity contribution in [3.8, 4) is 5.75 Å². The van der Waals surface area contributed by atoms with E-state index in [-0.39, 0.29) is 24.4 Å². The van der Waals surface area contributed by atoms with Crippen LogP contribution in [0.3, 0.4) is 0 Å². The van der Waals surface area contributed by atoms with Gasteiger partial charge in [-0.15, -0.1) is 0 Å². The van der Waals surface area contributed by atoms with Crippen molar-refractivity contribution in [2.75, 3.05) is 6.61 Å². The number of aliphatic hydroxyl groups is 1. The lowest BCUT2D eigenvalue weighted by molar-refractivity contribution is -0.135. The van der Waals surface area contributed by atoms with Gasteiger partial charge in [-0.2, -0.15) is 0 Å². The Labute approximate surface area is 106 Å². The maximum atomic E-state index is 12.7. The van der Waals surface area contributed by atoms with Gasteiger partial charge in [0.15, 0.2) is 5.60 Å². The van der Waals surface area contributed by atoms with Gasteiger partial charge in [0.05, 0.1) is 6.61 Å². The van der Waals surface area contributed by atoms with E-state index >= 15 is 0 Å². The van der Waals surface area contributed by atoms with E-state index in [1.54, 1.807) is 20.8 Å². The van der Waals surface area contributed by atoms with E-state index < -0.39 is 5.60 Å². The number of carbonyl (C=O) groups is 1. The van der Waals surface area contributed by atoms with Gasteiger partial charge in [0.1, 0.15) is 11.6 Å². The summed E-state index contributed by atoms with van der Waals surface area (Å²) in [7, 11) is 0. The van der Waals surface area contributed by atoms with Crippen LogP contribution in [0.1, 0.15) is 20.8 Å². The smallest absolute Gasteiger partial charge is 0.263 e. The second-order valence-electron chi connectivity index (χ2n) is 4.62. The molecule has 1 aromatic carbocycles. The molecule has 0 saturated heterocycles. The zero-order valence-electron chi connectivity index (χ0n) is 10.7. The Kier molecular flexibility index (Phi) is 4.67. The van der Waals surface area contributed by atoms with Crippen molar-refractivity contribution in [3.05, 3.63) is 30.1 Å². The van der Waals surface area contributed by atoms with E-state index in [0.717, 1.165) is 0 Å². The van der Waals surface area contributed by atoms with Gasteiger partial charge in [0.25, 0.3) is 5.91 Å². The fraction of sp³-hybridized carbons (Fsp3) is 0.462. The van der Waals surface area contributed by atoms with Crippen LogP contribution in [0.25, 0.3) is 0 Å². The monoisotopic (exact) mass is 255 g/mol. The zero-order valence-corrected chi connectivity index (χ0v) is 10.7. The van der Waals surface area contributed by atoms with Gasteiger partial charge in [-0.3, -0.25) is 4.79 Å². The Morgan fingerprint density at radius 2 is 2.00 bits per heavy atom. The summed E-state index contributed by atoms with van der Waals surface area (Å²) in [5.41, 5.74) is -1.10. The molecule has 0 bridgehead atoms. The largest absolute Gasteiger partial charge is 0.478 e. The SMILES string of the molecule is C[C@H](CO)NC(=O)C(C)(C)Oc1ccc(F)cc1. The first-order valence-electron chi connectivity index (χ1n) is 5.71. The standard InChI is InChI=1S/C13H18FNO3/c1-9(8-16)15-12(17)13(2,3)18-11-6-4-10(14)5-7-11/h4-7,9,16H,8H2,1-3H3,(H,15,17)/t9-/m1/s1. The van der Waals surface area contributed by atoms with E-state index in [1.165, 1.54) is 24.3 Å². The van der Waals surface area contributed by atoms with E-state index in [9.17, 15) is 9.18 Å². The molecule has 2 N–H and O–H groups in total. The lowest BCUT2D eigenvalue weighted by atomic mass is 10.1. The highest BCUT2D eigenvalue weighted by atomic mass is 19.1. The topological polar surface area (TPSA) is 58.6 Å². The van der Waals surface area contributed by atoms with E-state index in [1.807, 2.05) is 0 Å². The van der Waals surface area contributed by atoms with Crippen molar-refractivity contribution in [1.82, 2.24) is 5.32 Å². The number of halogens is 1. The van der Waals surface area contributed by atoms with Crippen molar-refractivity contribution in [3.63, 3.8) is 0 Å². The molecule has 0 radical (unpaired) electrons. The fourth-order valence-electron chi connectivity index (χ4n) is 1.29. The van der Waals surface area contributed by atoms with Crippen LogP contribution in [0.5, 0.6) is 5.75 Å². The Morgan fingerprint density at radius 3 is 2.50 bits per heavy atom. The highest BCUT2D eigenvalue weighted by Gasteiger charge is 2.30. The molecule has 1 aromatic rings. The van der Waals surface area contributed by atoms with Crippen molar-refractivity contribution in [2.45, 2.75) is 32.4 Å². The van der Waals surface area contributed by atoms with Gasteiger partial charge in [-0.1, -0.05) is 0 Å². The first-order valence-corrected chi connectivity index (χ1v) is 5.71. The van der Waals surface area contributed by atoms with Crippen LogP contribution in [-0.4, -0.2) is 29.3 Å². The highest BCUT2D eigenvalue weighted by molar-refractivity contribution is 5.84. The number of ether oxygens (including phenoxy) is 1. The first-order chi connectivity index (χ1) is 8.35. The number of hydrogen-bond acceptors (Lipinski definition) is 3. The van der Waals surface area contributed by atoms with Crippen LogP contribution in [0.2, 0.25) is 0 Å². The summed E-state index contributed by atoms with van der Waals surface area (Å²) in [6.07, 6.45) is 0. The maximum absolute atomic E-state index is 12.7. The molecule has 1 atom stereocenters. The first kappa shape index (κ1) is 14.4. The Hall–Kier alpha value is -1.62. The van der Waals surface area contributed by atoms with Crippen LogP contribution < -0.4 is 10.1 Å². The van der Waals surface area contributed by atoms with Crippen LogP contribution in [-0.2, 0) is 4.79 Å². The third-order valence-electron chi connectivity index (χ3n) is 2.38. The molecular weight excluding hydrogens is 237 g/mol. The second kappa shape index (κ2) is 5.82. The second-order valence-corrected chi connectivity index (χ2v) is 4.62. The molecule has 0 fully saturated rings. The summed E-state index contributed by atoms with van der Waals surface area (Å²) in [6.45, 7) is 4.76. The van der Waals surface area contributed by atoms with E-state index in [2.05, 4.69) is 5.32 Å². The summed E-state index contributed by atoms with van der Waals surface area (Å²) in [5, 5.41) is 11.5. The van der Waals surface area contributed by atoms with Crippen molar-refractivity contribution in [1.29, 1.82) is 0 Å². The molecule has 18 heavy (non-hydrogen) atoms. The lowest BCUT2D eigenvalue weighted by Crippen LogP contribution is -2.50. The Bertz CT molecular complexity index is 403. The molecule has 100 valence electrons. The molecular formula is C13H18FNO3. The predicted octanol–water partition coefficient (Wildman–Crippen LogP) is 1.48. The zero-order chi connectivity index (χ0) is 13.8. The lowest BCUT2D eigenvalue weighted by Gasteiger charge is -2.26. The predicted molar refractivity (Wildman–Crippen MR) is 65.8 cm³/mol. The highest BCUT2D eigenvalue weighted by Crippen LogP contribution is 2.19. The van der Waals surface area contributed by atoms with E-state index in [0.29, 0.717) is 5.75 Å². The number of nitrogens with one attached hydrogen (secondary N) is 1. The molecule has 1 amide bonds. The molecule has 5 heteroatoms. The number of benzene rings is 1. The fourth-order valence-corrected chi connectivity index (χ4v) is 1.29. The normalized spacial score (nSPS) is 12.9. The van der Waals surface area contributed by atoms with Crippen LogP contribution in [0.4, 0.5) is 4.39 Å². The molecule has 0 aliphatic heterocycles. The molecule has 0 spiro atoms. The summed E-state index contributed by atoms with van der Waals surface area (Å²) < 4.78 is 18.2. The van der Waals surface area contributed by atoms with Crippen LogP contribution in [0, 0.1) is 5.82 Å². The number of aliphatic hydroxyl groups excluding tert-OH is 1. The third-order valence-corrected chi connectivity index (χ3v) is 2.38. The average molecular weight is 255 g/mol. The molecule has 0 heterocycles. The molecule has 0 aromatic heterocycles. The summed E-state index contributed by atoms with van der Waals surface area (Å²) in [6, 6.07) is 5.10. The number of amides is 1. The summed E-state index contributed by atoms with van der Waals surface area (Å²) >= 11 is 0. The van der Waals surface area contributed by atoms with Gasteiger partial charge in [-0.05, 0) is 45.0 Å². The quantitative estimate of drug-likeness (QED) is 0.838. The third kappa shape index (κ3) is 4.00. The minimum atomic E-state index is -1.10. The molecule has 0 aliphatic carbocycles. The minimum Gasteiger partial charge on any atom is -0.478 e. The number of hydrogen-bond donors (Lipinski definition) is 2. The van der Waals surface area contributed by atoms with Gasteiger partial charge >= 0.3 is 0 Å². The van der Waals surface area contributed by atoms with Gasteiger partial charge in [-0.25, -0.2) is 4.39 Å². The van der Waals surface area contributed by atoms with Gasteiger partial charge in [0, 0.05) is 6.04 Å². The Balaban J connectivity index is 2.68. The molecule has 0 aliphatic rings. The van der Waals surface area contributed by atoms with Crippen molar-refractivity contribution in [2.24, 2.45) is 0 Å². The molecule has 0 unspecified atom stereocenters. The van der Waals surface area contributed by atoms with Gasteiger partial charge < -0.3 is 15.2 Å². The number of rotatable bonds is 5. The van der Waals surface area contributed by atoms with Crippen LogP contribution >= 0.6 is 0 Å². The summed E-state index contributed by atoms with van der Waals surface area (Å²) in [4.78, 5) is 11.9. The number of carbonyl (C=O) groups excluding carboxylic acids is 1. The Morgan fingerprint density at radius 1 is 1.44 bits per heavy atom. The summed E-state index contributed by atoms with van der Waals surface area (Å²) in [5.74, 6) is -0.292. The van der Waals surface area contributed by atoms with Crippen molar-refractivity contribution >= 4 is 5.91 Å². The van der Waals surface area contributed by atoms with E-state index in [4.69, 9.17) is 9.84 Å². The van der Waals surface area contributed by atoms with Crippen molar-refractivity contribution < 1.29 is 19.0 Å². The average Bonchev–Trinajstić information content (AvgIpc) is 2.31. The molecule has 4 nitrogen and oxygen atoms in total. The minimum absolute atomic E-state index is 0.141. The maximum Gasteiger partial charge on any atom is 0.263 e. The van der Waals surface area contributed by atoms with Crippen LogP contribution in [0.15, 0.2) is 24.3 Å². The van der Waals surface area contributed by atoms with Gasteiger partial charge in [0.2, 0.25) is 0 Å². The molecule has 1 rings (SSSR count). The molecule has 0 saturated carbocycles.